The first kappa shape index (κ1) is 16.3. The lowest BCUT2D eigenvalue weighted by Crippen LogP contribution is -2.39. The molecule has 1 aromatic heterocycles. The minimum Gasteiger partial charge on any atom is -0.468 e. The van der Waals surface area contributed by atoms with Gasteiger partial charge in [0.15, 0.2) is 0 Å². The third kappa shape index (κ3) is 3.49. The topological polar surface area (TPSA) is 43.3 Å². The number of hydrogen-bond donors (Lipinski definition) is 1. The molecule has 0 aliphatic carbocycles. The van der Waals surface area contributed by atoms with Crippen LogP contribution in [0.3, 0.4) is 0 Å². The Morgan fingerprint density at radius 1 is 1.12 bits per heavy atom. The van der Waals surface area contributed by atoms with Crippen LogP contribution in [0.1, 0.15) is 11.1 Å². The van der Waals surface area contributed by atoms with Crippen molar-refractivity contribution in [2.45, 2.75) is 19.0 Å². The molecule has 1 N–H and O–H groups in total. The molecule has 0 fully saturated rings. The molecule has 0 spiro atoms. The number of ether oxygens (including phenoxy) is 1. The summed E-state index contributed by atoms with van der Waals surface area (Å²) in [6.07, 6.45) is 2.69. The summed E-state index contributed by atoms with van der Waals surface area (Å²) < 4.78 is 7.08. The fourth-order valence-electron chi connectivity index (χ4n) is 3.03. The van der Waals surface area contributed by atoms with E-state index in [2.05, 4.69) is 28.2 Å². The van der Waals surface area contributed by atoms with Gasteiger partial charge in [0, 0.05) is 37.1 Å². The van der Waals surface area contributed by atoms with Crippen LogP contribution in [0.25, 0.3) is 10.9 Å². The van der Waals surface area contributed by atoms with E-state index in [1.54, 1.807) is 0 Å². The van der Waals surface area contributed by atoms with Gasteiger partial charge in [0.25, 0.3) is 0 Å². The molecule has 124 valence electrons. The largest absolute Gasteiger partial charge is 0.468 e. The van der Waals surface area contributed by atoms with Crippen LogP contribution in [0.5, 0.6) is 0 Å². The molecule has 0 radical (unpaired) electrons. The van der Waals surface area contributed by atoms with Gasteiger partial charge in [-0.05, 0) is 17.2 Å². The second kappa shape index (κ2) is 7.32. The molecule has 0 saturated heterocycles. The quantitative estimate of drug-likeness (QED) is 0.709. The average Bonchev–Trinajstić information content (AvgIpc) is 2.95. The van der Waals surface area contributed by atoms with Crippen molar-refractivity contribution in [1.29, 1.82) is 0 Å². The molecule has 24 heavy (non-hydrogen) atoms. The number of carbonyl (C=O) groups excluding carboxylic acids is 1. The molecule has 0 aliphatic heterocycles. The Balaban J connectivity index is 1.80. The van der Waals surface area contributed by atoms with E-state index in [0.29, 0.717) is 13.0 Å². The van der Waals surface area contributed by atoms with E-state index in [1.807, 2.05) is 49.5 Å². The molecule has 3 aromatic rings. The van der Waals surface area contributed by atoms with E-state index >= 15 is 0 Å². The highest BCUT2D eigenvalue weighted by molar-refractivity contribution is 5.85. The van der Waals surface area contributed by atoms with Crippen LogP contribution in [0.15, 0.2) is 60.8 Å². The first-order valence-electron chi connectivity index (χ1n) is 8.07. The monoisotopic (exact) mass is 322 g/mol. The van der Waals surface area contributed by atoms with Crippen molar-refractivity contribution in [3.05, 3.63) is 71.9 Å². The number of aryl methyl sites for hydroxylation is 1. The number of benzene rings is 2. The zero-order chi connectivity index (χ0) is 16.9. The normalized spacial score (nSPS) is 12.2. The van der Waals surface area contributed by atoms with Gasteiger partial charge >= 0.3 is 5.97 Å². The third-order valence-corrected chi connectivity index (χ3v) is 4.28. The molecule has 0 saturated carbocycles. The van der Waals surface area contributed by atoms with Gasteiger partial charge in [0.1, 0.15) is 6.04 Å². The molecule has 0 unspecified atom stereocenters. The summed E-state index contributed by atoms with van der Waals surface area (Å²) in [5.74, 6) is -0.237. The Labute approximate surface area is 142 Å². The van der Waals surface area contributed by atoms with Crippen molar-refractivity contribution in [2.24, 2.45) is 7.05 Å². The highest BCUT2D eigenvalue weighted by Crippen LogP contribution is 2.21. The maximum atomic E-state index is 12.2. The smallest absolute Gasteiger partial charge is 0.323 e. The number of hydrogen-bond acceptors (Lipinski definition) is 3. The molecule has 3 rings (SSSR count). The van der Waals surface area contributed by atoms with Crippen LogP contribution in [-0.4, -0.2) is 23.7 Å². The summed E-state index contributed by atoms with van der Waals surface area (Å²) in [5.41, 5.74) is 3.45. The lowest BCUT2D eigenvalue weighted by Gasteiger charge is -2.16. The number of fused-ring (bicyclic) bond motifs is 1. The van der Waals surface area contributed by atoms with E-state index < -0.39 is 0 Å². The Morgan fingerprint density at radius 3 is 2.58 bits per heavy atom. The Hall–Kier alpha value is -2.59. The molecule has 1 atom stereocenters. The van der Waals surface area contributed by atoms with Crippen molar-refractivity contribution in [3.63, 3.8) is 0 Å². The minimum atomic E-state index is -0.374. The van der Waals surface area contributed by atoms with Crippen LogP contribution < -0.4 is 5.32 Å². The van der Waals surface area contributed by atoms with Crippen molar-refractivity contribution in [3.8, 4) is 0 Å². The minimum absolute atomic E-state index is 0.237. The number of nitrogens with one attached hydrogen (secondary N) is 1. The number of para-hydroxylation sites is 1. The number of aromatic nitrogens is 1. The molecule has 0 aliphatic rings. The van der Waals surface area contributed by atoms with Crippen LogP contribution in [0, 0.1) is 0 Å². The van der Waals surface area contributed by atoms with Gasteiger partial charge in [-0.2, -0.15) is 0 Å². The van der Waals surface area contributed by atoms with Crippen LogP contribution in [0.4, 0.5) is 0 Å². The Morgan fingerprint density at radius 2 is 1.83 bits per heavy atom. The van der Waals surface area contributed by atoms with E-state index in [4.69, 9.17) is 4.74 Å². The van der Waals surface area contributed by atoms with E-state index in [0.717, 1.165) is 11.1 Å². The summed E-state index contributed by atoms with van der Waals surface area (Å²) in [6.45, 7) is 0.630. The van der Waals surface area contributed by atoms with Crippen molar-refractivity contribution in [1.82, 2.24) is 9.88 Å². The number of rotatable bonds is 6. The highest BCUT2D eigenvalue weighted by Gasteiger charge is 2.21. The Bertz CT molecular complexity index is 824. The maximum absolute atomic E-state index is 12.2. The summed E-state index contributed by atoms with van der Waals surface area (Å²) in [7, 11) is 3.46. The lowest BCUT2D eigenvalue weighted by atomic mass is 10.0. The van der Waals surface area contributed by atoms with E-state index in [9.17, 15) is 4.79 Å². The van der Waals surface area contributed by atoms with Gasteiger partial charge in [-0.1, -0.05) is 48.5 Å². The van der Waals surface area contributed by atoms with Gasteiger partial charge in [0.05, 0.1) is 7.11 Å². The molecular formula is C20H22N2O2. The predicted octanol–water partition coefficient (Wildman–Crippen LogP) is 3.05. The lowest BCUT2D eigenvalue weighted by molar-refractivity contribution is -0.143. The van der Waals surface area contributed by atoms with Crippen molar-refractivity contribution >= 4 is 16.9 Å². The molecule has 4 heteroatoms. The Kier molecular flexibility index (Phi) is 4.96. The second-order valence-corrected chi connectivity index (χ2v) is 5.93. The molecule has 2 aromatic carbocycles. The average molecular weight is 322 g/mol. The first-order chi connectivity index (χ1) is 11.7. The third-order valence-electron chi connectivity index (χ3n) is 4.28. The van der Waals surface area contributed by atoms with Gasteiger partial charge in [-0.15, -0.1) is 0 Å². The maximum Gasteiger partial charge on any atom is 0.323 e. The predicted molar refractivity (Wildman–Crippen MR) is 95.7 cm³/mol. The summed E-state index contributed by atoms with van der Waals surface area (Å²) in [4.78, 5) is 12.2. The standard InChI is InChI=1S/C20H22N2O2/c1-22-14-16(17-10-6-7-11-19(17)22)12-18(20(23)24-2)21-13-15-8-4-3-5-9-15/h3-11,14,18,21H,12-13H2,1-2H3/t18-/m0/s1. The van der Waals surface area contributed by atoms with E-state index in [-0.39, 0.29) is 12.0 Å². The van der Waals surface area contributed by atoms with Crippen LogP contribution in [0.2, 0.25) is 0 Å². The van der Waals surface area contributed by atoms with Crippen molar-refractivity contribution in [2.75, 3.05) is 7.11 Å². The number of nitrogens with zero attached hydrogens (tertiary/aromatic N) is 1. The highest BCUT2D eigenvalue weighted by atomic mass is 16.5. The van der Waals surface area contributed by atoms with Crippen molar-refractivity contribution < 1.29 is 9.53 Å². The van der Waals surface area contributed by atoms with E-state index in [1.165, 1.54) is 18.0 Å². The van der Waals surface area contributed by atoms with Gasteiger partial charge in [-0.3, -0.25) is 4.79 Å². The summed E-state index contributed by atoms with van der Waals surface area (Å²) in [6, 6.07) is 17.9. The fraction of sp³-hybridized carbons (Fsp3) is 0.250. The SMILES string of the molecule is COC(=O)[C@H](Cc1cn(C)c2ccccc12)NCc1ccccc1. The molecule has 0 amide bonds. The number of carbonyl (C=O) groups is 1. The van der Waals surface area contributed by atoms with Gasteiger partial charge in [-0.25, -0.2) is 0 Å². The van der Waals surface area contributed by atoms with Gasteiger partial charge < -0.3 is 14.6 Å². The fourth-order valence-corrected chi connectivity index (χ4v) is 3.03. The molecule has 4 nitrogen and oxygen atoms in total. The van der Waals surface area contributed by atoms with Gasteiger partial charge in [0.2, 0.25) is 0 Å². The molecule has 0 bridgehead atoms. The zero-order valence-electron chi connectivity index (χ0n) is 14.0. The second-order valence-electron chi connectivity index (χ2n) is 5.93. The van der Waals surface area contributed by atoms with Crippen LogP contribution >= 0.6 is 0 Å². The van der Waals surface area contributed by atoms with Crippen LogP contribution in [-0.2, 0) is 29.5 Å². The molecular weight excluding hydrogens is 300 g/mol. The number of esters is 1. The summed E-state index contributed by atoms with van der Waals surface area (Å²) >= 11 is 0. The zero-order valence-corrected chi connectivity index (χ0v) is 14.0. The number of methoxy groups -OCH3 is 1. The summed E-state index contributed by atoms with van der Waals surface area (Å²) in [5, 5.41) is 4.50. The first-order valence-corrected chi connectivity index (χ1v) is 8.07. The molecule has 1 heterocycles.